The van der Waals surface area contributed by atoms with E-state index in [-0.39, 0.29) is 11.7 Å². The number of ether oxygens (including phenoxy) is 3. The van der Waals surface area contributed by atoms with Gasteiger partial charge in [0.25, 0.3) is 0 Å². The van der Waals surface area contributed by atoms with E-state index < -0.39 is 0 Å². The Hall–Kier alpha value is -0.120. The predicted octanol–water partition coefficient (Wildman–Crippen LogP) is 2.45. The fourth-order valence-corrected chi connectivity index (χ4v) is 1.84. The van der Waals surface area contributed by atoms with Crippen molar-refractivity contribution in [1.82, 2.24) is 0 Å². The van der Waals surface area contributed by atoms with Crippen LogP contribution < -0.4 is 0 Å². The largest absolute Gasteiger partial charge is 0.385 e. The summed E-state index contributed by atoms with van der Waals surface area (Å²) in [7, 11) is 1.74. The van der Waals surface area contributed by atoms with Gasteiger partial charge in [-0.05, 0) is 12.8 Å². The molecule has 0 unspecified atom stereocenters. The van der Waals surface area contributed by atoms with Crippen molar-refractivity contribution in [2.75, 3.05) is 26.9 Å². The molecule has 0 atom stereocenters. The van der Waals surface area contributed by atoms with Crippen molar-refractivity contribution in [2.24, 2.45) is 11.3 Å². The van der Waals surface area contributed by atoms with Crippen LogP contribution in [0.3, 0.4) is 0 Å². The van der Waals surface area contributed by atoms with E-state index in [0.717, 1.165) is 32.7 Å². The molecule has 3 heteroatoms. The molecule has 0 saturated carbocycles. The van der Waals surface area contributed by atoms with E-state index in [2.05, 4.69) is 20.8 Å². The summed E-state index contributed by atoms with van der Waals surface area (Å²) in [6.45, 7) is 8.83. The smallest absolute Gasteiger partial charge is 0.159 e. The van der Waals surface area contributed by atoms with E-state index in [9.17, 15) is 0 Å². The Bertz CT molecular complexity index is 172. The highest BCUT2D eigenvalue weighted by molar-refractivity contribution is 4.80. The third kappa shape index (κ3) is 3.44. The fraction of sp³-hybridized carbons (Fsp3) is 1.00. The van der Waals surface area contributed by atoms with Crippen molar-refractivity contribution in [3.8, 4) is 0 Å². The summed E-state index contributed by atoms with van der Waals surface area (Å²) in [5.74, 6) is 0.433. The van der Waals surface area contributed by atoms with Gasteiger partial charge in [-0.2, -0.15) is 0 Å². The highest BCUT2D eigenvalue weighted by atomic mass is 16.7. The van der Waals surface area contributed by atoms with E-state index in [1.807, 2.05) is 0 Å². The summed E-state index contributed by atoms with van der Waals surface area (Å²) in [6.07, 6.45) is 2.08. The van der Waals surface area contributed by atoms with Crippen LogP contribution in [0, 0.1) is 11.3 Å². The maximum Gasteiger partial charge on any atom is 0.159 e. The molecule has 0 N–H and O–H groups in total. The zero-order chi connectivity index (χ0) is 11.3. The van der Waals surface area contributed by atoms with Gasteiger partial charge in [0, 0.05) is 25.0 Å². The quantitative estimate of drug-likeness (QED) is 0.706. The third-order valence-electron chi connectivity index (χ3n) is 3.24. The van der Waals surface area contributed by atoms with Crippen LogP contribution in [-0.4, -0.2) is 33.2 Å². The first kappa shape index (κ1) is 12.9. The van der Waals surface area contributed by atoms with Crippen molar-refractivity contribution in [3.63, 3.8) is 0 Å². The van der Waals surface area contributed by atoms with Gasteiger partial charge in [-0.15, -0.1) is 0 Å². The summed E-state index contributed by atoms with van der Waals surface area (Å²) >= 11 is 0. The van der Waals surface area contributed by atoms with Gasteiger partial charge >= 0.3 is 0 Å². The predicted molar refractivity (Wildman–Crippen MR) is 59.7 cm³/mol. The molecule has 1 aliphatic rings. The Balaban J connectivity index is 2.43. The van der Waals surface area contributed by atoms with E-state index in [0.29, 0.717) is 5.92 Å². The molecule has 3 nitrogen and oxygen atoms in total. The summed E-state index contributed by atoms with van der Waals surface area (Å²) in [5, 5.41) is 0. The van der Waals surface area contributed by atoms with Gasteiger partial charge in [-0.1, -0.05) is 20.8 Å². The normalized spacial score (nSPS) is 32.2. The molecule has 0 radical (unpaired) electrons. The van der Waals surface area contributed by atoms with Gasteiger partial charge < -0.3 is 14.2 Å². The number of hydrogen-bond donors (Lipinski definition) is 0. The molecule has 15 heavy (non-hydrogen) atoms. The molecule has 0 aromatic heterocycles. The van der Waals surface area contributed by atoms with Crippen molar-refractivity contribution in [1.29, 1.82) is 0 Å². The second-order valence-corrected chi connectivity index (χ2v) is 4.83. The number of hydrogen-bond acceptors (Lipinski definition) is 3. The highest BCUT2D eigenvalue weighted by Crippen LogP contribution is 2.33. The summed E-state index contributed by atoms with van der Waals surface area (Å²) in [4.78, 5) is 0. The summed E-state index contributed by atoms with van der Waals surface area (Å²) < 4.78 is 16.7. The zero-order valence-electron chi connectivity index (χ0n) is 10.4. The summed E-state index contributed by atoms with van der Waals surface area (Å²) in [5.41, 5.74) is 0.168. The topological polar surface area (TPSA) is 27.7 Å². The van der Waals surface area contributed by atoms with Crippen LogP contribution in [-0.2, 0) is 14.2 Å². The zero-order valence-corrected chi connectivity index (χ0v) is 10.4. The Morgan fingerprint density at radius 1 is 1.33 bits per heavy atom. The second-order valence-electron chi connectivity index (χ2n) is 4.83. The Morgan fingerprint density at radius 3 is 2.33 bits per heavy atom. The molecule has 0 aliphatic carbocycles. The van der Waals surface area contributed by atoms with Crippen LogP contribution in [0.25, 0.3) is 0 Å². The minimum atomic E-state index is -0.0211. The number of rotatable bonds is 5. The molecule has 0 bridgehead atoms. The maximum absolute atomic E-state index is 5.77. The molecule has 1 saturated heterocycles. The molecule has 90 valence electrons. The third-order valence-corrected chi connectivity index (χ3v) is 3.24. The molecule has 0 aromatic rings. The van der Waals surface area contributed by atoms with Crippen molar-refractivity contribution < 1.29 is 14.2 Å². The SMILES string of the molecule is CCC1(CCOC)COC(C(C)C)OC1. The summed E-state index contributed by atoms with van der Waals surface area (Å²) in [6, 6.07) is 0. The molecule has 0 amide bonds. The molecule has 1 rings (SSSR count). The average Bonchev–Trinajstić information content (AvgIpc) is 2.27. The van der Waals surface area contributed by atoms with Crippen molar-refractivity contribution >= 4 is 0 Å². The van der Waals surface area contributed by atoms with E-state index in [1.165, 1.54) is 0 Å². The van der Waals surface area contributed by atoms with Crippen molar-refractivity contribution in [3.05, 3.63) is 0 Å². The van der Waals surface area contributed by atoms with Crippen LogP contribution in [0.4, 0.5) is 0 Å². The first-order chi connectivity index (χ1) is 7.13. The fourth-order valence-electron chi connectivity index (χ4n) is 1.84. The minimum Gasteiger partial charge on any atom is -0.385 e. The van der Waals surface area contributed by atoms with Crippen LogP contribution in [0.5, 0.6) is 0 Å². The first-order valence-corrected chi connectivity index (χ1v) is 5.86. The molecular formula is C12H24O3. The average molecular weight is 216 g/mol. The molecular weight excluding hydrogens is 192 g/mol. The van der Waals surface area contributed by atoms with Crippen molar-refractivity contribution in [2.45, 2.75) is 39.9 Å². The lowest BCUT2D eigenvalue weighted by Crippen LogP contribution is -2.43. The minimum absolute atomic E-state index is 0.0211. The molecule has 0 spiro atoms. The van der Waals surface area contributed by atoms with Gasteiger partial charge in [0.1, 0.15) is 0 Å². The first-order valence-electron chi connectivity index (χ1n) is 5.86. The van der Waals surface area contributed by atoms with Gasteiger partial charge in [0.05, 0.1) is 13.2 Å². The van der Waals surface area contributed by atoms with Gasteiger partial charge in [0.2, 0.25) is 0 Å². The maximum atomic E-state index is 5.77. The Kier molecular flexibility index (Phi) is 5.03. The van der Waals surface area contributed by atoms with Gasteiger partial charge in [0.15, 0.2) is 6.29 Å². The lowest BCUT2D eigenvalue weighted by molar-refractivity contribution is -0.249. The van der Waals surface area contributed by atoms with Crippen LogP contribution in [0.1, 0.15) is 33.6 Å². The molecule has 1 aliphatic heterocycles. The van der Waals surface area contributed by atoms with Gasteiger partial charge in [-0.25, -0.2) is 0 Å². The van der Waals surface area contributed by atoms with Crippen LogP contribution in [0.15, 0.2) is 0 Å². The second kappa shape index (κ2) is 5.83. The standard InChI is InChI=1S/C12H24O3/c1-5-12(6-7-13-4)8-14-11(10(2)3)15-9-12/h10-11H,5-9H2,1-4H3. The number of methoxy groups -OCH3 is 1. The van der Waals surface area contributed by atoms with Crippen LogP contribution in [0.2, 0.25) is 0 Å². The van der Waals surface area contributed by atoms with Gasteiger partial charge in [-0.3, -0.25) is 0 Å². The Labute approximate surface area is 93.1 Å². The molecule has 1 fully saturated rings. The molecule has 1 heterocycles. The van der Waals surface area contributed by atoms with E-state index >= 15 is 0 Å². The highest BCUT2D eigenvalue weighted by Gasteiger charge is 2.35. The molecule has 0 aromatic carbocycles. The monoisotopic (exact) mass is 216 g/mol. The lowest BCUT2D eigenvalue weighted by Gasteiger charge is -2.40. The van der Waals surface area contributed by atoms with E-state index in [1.54, 1.807) is 7.11 Å². The Morgan fingerprint density at radius 2 is 1.93 bits per heavy atom. The lowest BCUT2D eigenvalue weighted by atomic mass is 9.83. The van der Waals surface area contributed by atoms with Crippen LogP contribution >= 0.6 is 0 Å². The van der Waals surface area contributed by atoms with E-state index in [4.69, 9.17) is 14.2 Å².